The Labute approximate surface area is 145 Å². The van der Waals surface area contributed by atoms with Gasteiger partial charge in [0.15, 0.2) is 0 Å². The van der Waals surface area contributed by atoms with Gasteiger partial charge >= 0.3 is 0 Å². The van der Waals surface area contributed by atoms with Crippen molar-refractivity contribution in [2.75, 3.05) is 5.32 Å². The van der Waals surface area contributed by atoms with Gasteiger partial charge in [0.1, 0.15) is 0 Å². The van der Waals surface area contributed by atoms with Crippen LogP contribution in [0.2, 0.25) is 0 Å². The Morgan fingerprint density at radius 1 is 1.12 bits per heavy atom. The number of rotatable bonds is 6. The Balaban J connectivity index is 1.80. The van der Waals surface area contributed by atoms with Gasteiger partial charge in [0, 0.05) is 23.4 Å². The summed E-state index contributed by atoms with van der Waals surface area (Å²) in [6, 6.07) is 9.74. The molecule has 1 aromatic carbocycles. The van der Waals surface area contributed by atoms with E-state index in [1.165, 1.54) is 0 Å². The summed E-state index contributed by atoms with van der Waals surface area (Å²) in [5, 5.41) is 8.84. The van der Waals surface area contributed by atoms with E-state index >= 15 is 0 Å². The predicted octanol–water partition coefficient (Wildman–Crippen LogP) is 3.62. The second-order valence-corrected chi connectivity index (χ2v) is 6.52. The van der Waals surface area contributed by atoms with Gasteiger partial charge in [0.25, 0.3) is 0 Å². The molecule has 24 heavy (non-hydrogen) atoms. The molecular weight excluding hydrogens is 322 g/mol. The van der Waals surface area contributed by atoms with Crippen LogP contribution in [-0.4, -0.2) is 17.5 Å². The predicted molar refractivity (Wildman–Crippen MR) is 98.5 cm³/mol. The minimum atomic E-state index is -0.276. The molecule has 2 aromatic rings. The molecule has 126 valence electrons. The number of hydrogen-bond donors (Lipinski definition) is 2. The Morgan fingerprint density at radius 2 is 1.88 bits per heavy atom. The Hall–Kier alpha value is -2.47. The summed E-state index contributed by atoms with van der Waals surface area (Å²) in [6.07, 6.45) is 0.213. The maximum Gasteiger partial charge on any atom is 0.240 e. The fraction of sp³-hybridized carbons (Fsp3) is 0.278. The van der Waals surface area contributed by atoms with Crippen LogP contribution in [0.1, 0.15) is 35.8 Å². The lowest BCUT2D eigenvalue weighted by Crippen LogP contribution is -2.21. The average Bonchev–Trinajstić information content (AvgIpc) is 3.08. The molecule has 0 aliphatic rings. The maximum atomic E-state index is 12.0. The monoisotopic (exact) mass is 343 g/mol. The van der Waals surface area contributed by atoms with E-state index < -0.39 is 0 Å². The lowest BCUT2D eigenvalue weighted by molar-refractivity contribution is -0.124. The average molecular weight is 343 g/mol. The van der Waals surface area contributed by atoms with Gasteiger partial charge in [0.05, 0.1) is 5.71 Å². The van der Waals surface area contributed by atoms with Crippen LogP contribution in [0.15, 0.2) is 40.8 Å². The largest absolute Gasteiger partial charge is 0.326 e. The number of thiophene rings is 1. The molecular formula is C18H21N3O2S. The van der Waals surface area contributed by atoms with Crippen molar-refractivity contribution < 1.29 is 9.59 Å². The van der Waals surface area contributed by atoms with Gasteiger partial charge in [0.2, 0.25) is 11.8 Å². The highest BCUT2D eigenvalue weighted by atomic mass is 32.1. The van der Waals surface area contributed by atoms with Crippen molar-refractivity contribution in [2.45, 2.75) is 33.6 Å². The van der Waals surface area contributed by atoms with Gasteiger partial charge in [-0.05, 0) is 49.4 Å². The first-order valence-corrected chi connectivity index (χ1v) is 8.58. The van der Waals surface area contributed by atoms with Gasteiger partial charge in [-0.15, -0.1) is 11.3 Å². The highest BCUT2D eigenvalue weighted by Crippen LogP contribution is 2.16. The van der Waals surface area contributed by atoms with E-state index in [0.29, 0.717) is 0 Å². The summed E-state index contributed by atoms with van der Waals surface area (Å²) in [6.45, 7) is 5.74. The molecule has 1 aromatic heterocycles. The highest BCUT2D eigenvalue weighted by molar-refractivity contribution is 7.12. The minimum Gasteiger partial charge on any atom is -0.326 e. The van der Waals surface area contributed by atoms with Crippen LogP contribution in [0.4, 0.5) is 5.69 Å². The molecule has 0 fully saturated rings. The summed E-state index contributed by atoms with van der Waals surface area (Å²) < 4.78 is 0. The van der Waals surface area contributed by atoms with Crippen molar-refractivity contribution in [2.24, 2.45) is 5.10 Å². The molecule has 0 saturated heterocycles. The molecule has 1 heterocycles. The van der Waals surface area contributed by atoms with Crippen molar-refractivity contribution in [1.82, 2.24) is 5.43 Å². The van der Waals surface area contributed by atoms with Crippen LogP contribution in [0.5, 0.6) is 0 Å². The number of nitrogens with zero attached hydrogens (tertiary/aromatic N) is 1. The number of hydrogen-bond acceptors (Lipinski definition) is 4. The molecule has 6 heteroatoms. The fourth-order valence-electron chi connectivity index (χ4n) is 2.05. The zero-order chi connectivity index (χ0) is 17.5. The molecule has 0 spiro atoms. The number of aryl methyl sites for hydroxylation is 2. The van der Waals surface area contributed by atoms with Crippen molar-refractivity contribution in [3.8, 4) is 0 Å². The van der Waals surface area contributed by atoms with Crippen LogP contribution in [0.3, 0.4) is 0 Å². The number of benzene rings is 1. The van der Waals surface area contributed by atoms with E-state index in [9.17, 15) is 9.59 Å². The van der Waals surface area contributed by atoms with Gasteiger partial charge in [-0.2, -0.15) is 5.10 Å². The molecule has 5 nitrogen and oxygen atoms in total. The topological polar surface area (TPSA) is 70.6 Å². The van der Waals surface area contributed by atoms with E-state index in [1.807, 2.05) is 56.5 Å². The zero-order valence-electron chi connectivity index (χ0n) is 14.1. The molecule has 2 amide bonds. The Morgan fingerprint density at radius 3 is 2.58 bits per heavy atom. The van der Waals surface area contributed by atoms with E-state index in [1.54, 1.807) is 11.3 Å². The molecule has 0 aliphatic carbocycles. The van der Waals surface area contributed by atoms with Gasteiger partial charge < -0.3 is 5.32 Å². The van der Waals surface area contributed by atoms with Crippen molar-refractivity contribution >= 4 is 34.6 Å². The van der Waals surface area contributed by atoms with Crippen LogP contribution in [0, 0.1) is 13.8 Å². The normalized spacial score (nSPS) is 11.2. The number of carbonyl (C=O) groups excluding carboxylic acids is 2. The van der Waals surface area contributed by atoms with E-state index in [4.69, 9.17) is 0 Å². The molecule has 0 unspecified atom stereocenters. The maximum absolute atomic E-state index is 12.0. The van der Waals surface area contributed by atoms with Crippen LogP contribution in [-0.2, 0) is 9.59 Å². The second kappa shape index (κ2) is 8.40. The van der Waals surface area contributed by atoms with E-state index in [0.717, 1.165) is 27.4 Å². The zero-order valence-corrected chi connectivity index (χ0v) is 14.9. The molecule has 0 bridgehead atoms. The van der Waals surface area contributed by atoms with Crippen molar-refractivity contribution in [1.29, 1.82) is 0 Å². The minimum absolute atomic E-state index is 0.0952. The first kappa shape index (κ1) is 17.9. The highest BCUT2D eigenvalue weighted by Gasteiger charge is 2.09. The lowest BCUT2D eigenvalue weighted by Gasteiger charge is -2.09. The molecule has 2 N–H and O–H groups in total. The quantitative estimate of drug-likeness (QED) is 0.621. The Kier molecular flexibility index (Phi) is 6.26. The molecule has 0 radical (unpaired) electrons. The van der Waals surface area contributed by atoms with E-state index in [-0.39, 0.29) is 24.7 Å². The third-order valence-corrected chi connectivity index (χ3v) is 4.45. The Bertz CT molecular complexity index is 752. The van der Waals surface area contributed by atoms with Crippen molar-refractivity contribution in [3.05, 3.63) is 51.7 Å². The van der Waals surface area contributed by atoms with Gasteiger partial charge in [-0.25, -0.2) is 5.43 Å². The molecule has 0 aliphatic heterocycles. The van der Waals surface area contributed by atoms with Crippen LogP contribution >= 0.6 is 11.3 Å². The third kappa shape index (κ3) is 5.31. The standard InChI is InChI=1S/C18H21N3O2S/c1-12-6-7-13(2)15(11-12)19-17(22)8-9-18(23)21-20-14(3)16-5-4-10-24-16/h4-7,10-11H,8-9H2,1-3H3,(H,19,22)(H,21,23)/b20-14-. The smallest absolute Gasteiger partial charge is 0.240 e. The van der Waals surface area contributed by atoms with Crippen LogP contribution < -0.4 is 10.7 Å². The molecule has 2 rings (SSSR count). The summed E-state index contributed by atoms with van der Waals surface area (Å²) in [5.41, 5.74) is 6.09. The summed E-state index contributed by atoms with van der Waals surface area (Å²) in [7, 11) is 0. The number of amides is 2. The lowest BCUT2D eigenvalue weighted by atomic mass is 10.1. The van der Waals surface area contributed by atoms with Gasteiger partial charge in [-0.3, -0.25) is 9.59 Å². The molecule has 0 atom stereocenters. The fourth-order valence-corrected chi connectivity index (χ4v) is 2.73. The number of hydrazone groups is 1. The summed E-state index contributed by atoms with van der Waals surface area (Å²) >= 11 is 1.56. The first-order chi connectivity index (χ1) is 11.5. The van der Waals surface area contributed by atoms with Gasteiger partial charge in [-0.1, -0.05) is 18.2 Å². The first-order valence-electron chi connectivity index (χ1n) is 7.70. The third-order valence-electron chi connectivity index (χ3n) is 3.47. The summed E-state index contributed by atoms with van der Waals surface area (Å²) in [4.78, 5) is 24.8. The second-order valence-electron chi connectivity index (χ2n) is 5.58. The number of nitrogens with one attached hydrogen (secondary N) is 2. The number of carbonyl (C=O) groups is 2. The SMILES string of the molecule is C/C(=N/NC(=O)CCC(=O)Nc1cc(C)ccc1C)c1cccs1. The van der Waals surface area contributed by atoms with E-state index in [2.05, 4.69) is 15.8 Å². The summed E-state index contributed by atoms with van der Waals surface area (Å²) in [5.74, 6) is -0.458. The number of anilines is 1. The van der Waals surface area contributed by atoms with Crippen LogP contribution in [0.25, 0.3) is 0 Å². The molecule has 0 saturated carbocycles. The van der Waals surface area contributed by atoms with Crippen molar-refractivity contribution in [3.63, 3.8) is 0 Å².